The molecule has 0 radical (unpaired) electrons. The number of pyridine rings is 1. The Morgan fingerprint density at radius 1 is 0.909 bits per heavy atom. The van der Waals surface area contributed by atoms with E-state index in [-0.39, 0.29) is 18.1 Å². The van der Waals surface area contributed by atoms with Gasteiger partial charge < -0.3 is 0 Å². The predicted molar refractivity (Wildman–Crippen MR) is 84.9 cm³/mol. The lowest BCUT2D eigenvalue weighted by atomic mass is 10.0. The van der Waals surface area contributed by atoms with Crippen LogP contribution in [0.2, 0.25) is 0 Å². The molecule has 1 aromatic heterocycles. The lowest BCUT2D eigenvalue weighted by Crippen LogP contribution is -2.37. The van der Waals surface area contributed by atoms with Gasteiger partial charge in [0, 0.05) is 11.6 Å². The van der Waals surface area contributed by atoms with E-state index in [0.717, 1.165) is 10.8 Å². The Morgan fingerprint density at radius 2 is 1.68 bits per heavy atom. The quantitative estimate of drug-likeness (QED) is 0.546. The number of Topliss-reactive ketones (excluding diaryl/α,β-unsaturated/α-hetero) is 2. The molecule has 0 bridgehead atoms. The molecule has 0 atom stereocenters. The minimum atomic E-state index is -0.00694. The third-order valence-electron chi connectivity index (χ3n) is 3.66. The van der Waals surface area contributed by atoms with Crippen molar-refractivity contribution in [3.8, 4) is 0 Å². The molecule has 0 aliphatic rings. The van der Waals surface area contributed by atoms with Crippen molar-refractivity contribution in [2.45, 2.75) is 13.5 Å². The van der Waals surface area contributed by atoms with Gasteiger partial charge in [0.25, 0.3) is 0 Å². The number of benzene rings is 2. The van der Waals surface area contributed by atoms with Crippen LogP contribution in [0.15, 0.2) is 67.0 Å². The van der Waals surface area contributed by atoms with Gasteiger partial charge in [-0.25, -0.2) is 0 Å². The van der Waals surface area contributed by atoms with Crippen LogP contribution in [-0.2, 0) is 6.54 Å². The highest BCUT2D eigenvalue weighted by Crippen LogP contribution is 2.16. The fourth-order valence-corrected chi connectivity index (χ4v) is 2.45. The van der Waals surface area contributed by atoms with Gasteiger partial charge in [0.15, 0.2) is 18.2 Å². The van der Waals surface area contributed by atoms with E-state index in [1.54, 1.807) is 29.1 Å². The van der Waals surface area contributed by atoms with Crippen molar-refractivity contribution in [2.75, 3.05) is 0 Å². The maximum atomic E-state index is 12.4. The Bertz CT molecular complexity index is 868. The monoisotopic (exact) mass is 290 g/mol. The molecule has 0 amide bonds. The summed E-state index contributed by atoms with van der Waals surface area (Å²) in [5, 5.41) is 2.17. The summed E-state index contributed by atoms with van der Waals surface area (Å²) in [4.78, 5) is 23.8. The van der Waals surface area contributed by atoms with Gasteiger partial charge in [-0.05, 0) is 29.8 Å². The molecule has 3 rings (SSSR count). The largest absolute Gasteiger partial charge is 0.294 e. The molecule has 0 spiro atoms. The van der Waals surface area contributed by atoms with Crippen molar-refractivity contribution in [3.63, 3.8) is 0 Å². The summed E-state index contributed by atoms with van der Waals surface area (Å²) < 4.78 is 1.74. The van der Waals surface area contributed by atoms with Crippen LogP contribution in [0, 0.1) is 0 Å². The Morgan fingerprint density at radius 3 is 2.45 bits per heavy atom. The maximum Gasteiger partial charge on any atom is 0.227 e. The minimum Gasteiger partial charge on any atom is -0.294 e. The number of aromatic nitrogens is 1. The standard InChI is InChI=1S/C19H16NO2/c1-14(21)18-7-4-10-20(12-18)13-19(22)17-9-8-15-5-2-3-6-16(15)11-17/h2-12H,13H2,1H3/q+1. The first-order chi connectivity index (χ1) is 10.6. The van der Waals surface area contributed by atoms with Crippen LogP contribution < -0.4 is 4.57 Å². The molecule has 0 aliphatic carbocycles. The first kappa shape index (κ1) is 14.1. The van der Waals surface area contributed by atoms with Crippen LogP contribution in [0.3, 0.4) is 0 Å². The first-order valence-electron chi connectivity index (χ1n) is 7.15. The molecular formula is C19H16NO2+. The van der Waals surface area contributed by atoms with Crippen molar-refractivity contribution in [1.29, 1.82) is 0 Å². The molecule has 0 saturated carbocycles. The van der Waals surface area contributed by atoms with Crippen molar-refractivity contribution >= 4 is 22.3 Å². The highest BCUT2D eigenvalue weighted by molar-refractivity contribution is 5.99. The number of nitrogens with zero attached hydrogens (tertiary/aromatic N) is 1. The Hall–Kier alpha value is -2.81. The molecule has 3 aromatic rings. The van der Waals surface area contributed by atoms with E-state index in [0.29, 0.717) is 11.1 Å². The molecule has 2 aromatic carbocycles. The smallest absolute Gasteiger partial charge is 0.227 e. The van der Waals surface area contributed by atoms with E-state index in [9.17, 15) is 9.59 Å². The second kappa shape index (κ2) is 5.90. The number of ketones is 2. The molecule has 0 aliphatic heterocycles. The lowest BCUT2D eigenvalue weighted by molar-refractivity contribution is -0.683. The summed E-state index contributed by atoms with van der Waals surface area (Å²) in [5.74, 6) is 0.0176. The summed E-state index contributed by atoms with van der Waals surface area (Å²) in [6.07, 6.45) is 3.51. The van der Waals surface area contributed by atoms with Crippen LogP contribution in [0.25, 0.3) is 10.8 Å². The van der Waals surface area contributed by atoms with Crippen LogP contribution in [-0.4, -0.2) is 11.6 Å². The third kappa shape index (κ3) is 2.93. The normalized spacial score (nSPS) is 10.6. The Labute approximate surface area is 128 Å². The minimum absolute atomic E-state index is 0.00694. The van der Waals surface area contributed by atoms with Gasteiger partial charge in [-0.3, -0.25) is 9.59 Å². The van der Waals surface area contributed by atoms with Gasteiger partial charge in [0.2, 0.25) is 12.3 Å². The van der Waals surface area contributed by atoms with Gasteiger partial charge in [-0.1, -0.05) is 36.4 Å². The van der Waals surface area contributed by atoms with E-state index in [2.05, 4.69) is 0 Å². The molecule has 0 saturated heterocycles. The predicted octanol–water partition coefficient (Wildman–Crippen LogP) is 3.21. The van der Waals surface area contributed by atoms with Crippen molar-refractivity contribution in [3.05, 3.63) is 78.1 Å². The molecule has 3 heteroatoms. The summed E-state index contributed by atoms with van der Waals surface area (Å²) in [6, 6.07) is 17.2. The molecule has 0 unspecified atom stereocenters. The summed E-state index contributed by atoms with van der Waals surface area (Å²) in [5.41, 5.74) is 1.29. The highest BCUT2D eigenvalue weighted by Gasteiger charge is 2.14. The molecule has 1 heterocycles. The topological polar surface area (TPSA) is 38.0 Å². The van der Waals surface area contributed by atoms with Gasteiger partial charge in [0.05, 0.1) is 5.56 Å². The Kier molecular flexibility index (Phi) is 3.79. The van der Waals surface area contributed by atoms with Crippen LogP contribution in [0.4, 0.5) is 0 Å². The van der Waals surface area contributed by atoms with Gasteiger partial charge in [-0.15, -0.1) is 0 Å². The zero-order valence-electron chi connectivity index (χ0n) is 12.3. The van der Waals surface area contributed by atoms with E-state index in [1.165, 1.54) is 6.92 Å². The van der Waals surface area contributed by atoms with Gasteiger partial charge in [-0.2, -0.15) is 4.57 Å². The van der Waals surface area contributed by atoms with Crippen molar-refractivity contribution in [1.82, 2.24) is 0 Å². The number of hydrogen-bond donors (Lipinski definition) is 0. The number of hydrogen-bond acceptors (Lipinski definition) is 2. The summed E-state index contributed by atoms with van der Waals surface area (Å²) in [7, 11) is 0. The van der Waals surface area contributed by atoms with Crippen LogP contribution in [0.1, 0.15) is 27.6 Å². The summed E-state index contributed by atoms with van der Waals surface area (Å²) >= 11 is 0. The third-order valence-corrected chi connectivity index (χ3v) is 3.66. The molecule has 22 heavy (non-hydrogen) atoms. The summed E-state index contributed by atoms with van der Waals surface area (Å²) in [6.45, 7) is 1.74. The zero-order chi connectivity index (χ0) is 15.5. The number of fused-ring (bicyclic) bond motifs is 1. The molecule has 3 nitrogen and oxygen atoms in total. The average molecular weight is 290 g/mol. The van der Waals surface area contributed by atoms with Gasteiger partial charge in [0.1, 0.15) is 0 Å². The average Bonchev–Trinajstić information content (AvgIpc) is 2.54. The van der Waals surface area contributed by atoms with Crippen molar-refractivity contribution in [2.24, 2.45) is 0 Å². The second-order valence-electron chi connectivity index (χ2n) is 5.31. The number of rotatable bonds is 4. The Balaban J connectivity index is 1.86. The van der Waals surface area contributed by atoms with Crippen LogP contribution >= 0.6 is 0 Å². The molecule has 0 fully saturated rings. The first-order valence-corrected chi connectivity index (χ1v) is 7.15. The second-order valence-corrected chi connectivity index (χ2v) is 5.31. The van der Waals surface area contributed by atoms with Gasteiger partial charge >= 0.3 is 0 Å². The zero-order valence-corrected chi connectivity index (χ0v) is 12.3. The van der Waals surface area contributed by atoms with E-state index >= 15 is 0 Å². The SMILES string of the molecule is CC(=O)c1ccc[n+](CC(=O)c2ccc3ccccc3c2)c1. The molecule has 0 N–H and O–H groups in total. The van der Waals surface area contributed by atoms with E-state index in [4.69, 9.17) is 0 Å². The lowest BCUT2D eigenvalue weighted by Gasteiger charge is -2.02. The molecular weight excluding hydrogens is 274 g/mol. The number of carbonyl (C=O) groups excluding carboxylic acids is 2. The fourth-order valence-electron chi connectivity index (χ4n) is 2.45. The number of carbonyl (C=O) groups is 2. The van der Waals surface area contributed by atoms with Crippen LogP contribution in [0.5, 0.6) is 0 Å². The highest BCUT2D eigenvalue weighted by atomic mass is 16.1. The maximum absolute atomic E-state index is 12.4. The molecule has 108 valence electrons. The van der Waals surface area contributed by atoms with E-state index < -0.39 is 0 Å². The fraction of sp³-hybridized carbons (Fsp3) is 0.105. The van der Waals surface area contributed by atoms with Crippen molar-refractivity contribution < 1.29 is 14.2 Å². The van der Waals surface area contributed by atoms with E-state index in [1.807, 2.05) is 42.5 Å².